The second-order valence-corrected chi connectivity index (χ2v) is 8.69. The number of ether oxygens (including phenoxy) is 1. The minimum atomic E-state index is -0.493. The van der Waals surface area contributed by atoms with Gasteiger partial charge in [0.2, 0.25) is 5.78 Å². The Bertz CT molecular complexity index is 1430. The van der Waals surface area contributed by atoms with Gasteiger partial charge in [-0.1, -0.05) is 35.9 Å². The number of aryl methyl sites for hydroxylation is 2. The lowest BCUT2D eigenvalue weighted by Gasteiger charge is -2.22. The molecule has 1 aliphatic carbocycles. The molecule has 0 atom stereocenters. The molecule has 0 saturated heterocycles. The van der Waals surface area contributed by atoms with Gasteiger partial charge in [0, 0.05) is 10.9 Å². The SMILES string of the molecule is Cc1ccc(C)c(C(=O)COC(=O)c2c3c(nc4ccccc24)C(=Cc2ccco2)CCC3)c1. The third-order valence-corrected chi connectivity index (χ3v) is 6.26. The highest BCUT2D eigenvalue weighted by Crippen LogP contribution is 2.36. The van der Waals surface area contributed by atoms with Crippen molar-refractivity contribution < 1.29 is 18.7 Å². The molecule has 0 saturated carbocycles. The van der Waals surface area contributed by atoms with Crippen LogP contribution in [0.15, 0.2) is 65.3 Å². The first kappa shape index (κ1) is 21.8. The number of Topliss-reactive ketones (excluding diaryl/α,β-unsaturated/α-hetero) is 1. The van der Waals surface area contributed by atoms with E-state index >= 15 is 0 Å². The molecule has 2 aromatic heterocycles. The molecule has 0 amide bonds. The van der Waals surface area contributed by atoms with E-state index in [4.69, 9.17) is 14.1 Å². The highest BCUT2D eigenvalue weighted by Gasteiger charge is 2.26. The molecule has 0 aliphatic heterocycles. The number of carbonyl (C=O) groups excluding carboxylic acids is 2. The number of furan rings is 1. The number of para-hydroxylation sites is 1. The third-order valence-electron chi connectivity index (χ3n) is 6.26. The first-order chi connectivity index (χ1) is 16.5. The second-order valence-electron chi connectivity index (χ2n) is 8.69. The molecule has 1 aliphatic rings. The minimum absolute atomic E-state index is 0.208. The predicted octanol–water partition coefficient (Wildman–Crippen LogP) is 6.36. The van der Waals surface area contributed by atoms with Crippen LogP contribution in [-0.2, 0) is 11.2 Å². The van der Waals surface area contributed by atoms with Crippen LogP contribution in [0.3, 0.4) is 0 Å². The van der Waals surface area contributed by atoms with Crippen molar-refractivity contribution in [3.8, 4) is 0 Å². The average Bonchev–Trinajstić information content (AvgIpc) is 3.36. The van der Waals surface area contributed by atoms with Crippen molar-refractivity contribution in [2.24, 2.45) is 0 Å². The Balaban J connectivity index is 1.52. The summed E-state index contributed by atoms with van der Waals surface area (Å²) >= 11 is 0. The number of benzene rings is 2. The molecule has 5 rings (SSSR count). The molecule has 5 nitrogen and oxygen atoms in total. The largest absolute Gasteiger partial charge is 0.465 e. The van der Waals surface area contributed by atoms with E-state index in [0.717, 1.165) is 63.9 Å². The summed E-state index contributed by atoms with van der Waals surface area (Å²) in [6.07, 6.45) is 6.08. The summed E-state index contributed by atoms with van der Waals surface area (Å²) < 4.78 is 11.1. The number of carbonyl (C=O) groups is 2. The zero-order chi connectivity index (χ0) is 23.7. The number of pyridine rings is 1. The van der Waals surface area contributed by atoms with Gasteiger partial charge in [0.05, 0.1) is 23.0 Å². The van der Waals surface area contributed by atoms with Crippen molar-refractivity contribution in [3.63, 3.8) is 0 Å². The number of fused-ring (bicyclic) bond motifs is 2. The molecule has 2 aromatic carbocycles. The number of aromatic nitrogens is 1. The van der Waals surface area contributed by atoms with Crippen LogP contribution in [-0.4, -0.2) is 23.3 Å². The molecule has 4 aromatic rings. The van der Waals surface area contributed by atoms with Gasteiger partial charge < -0.3 is 9.15 Å². The van der Waals surface area contributed by atoms with E-state index in [1.54, 1.807) is 6.26 Å². The summed E-state index contributed by atoms with van der Waals surface area (Å²) in [6.45, 7) is 3.52. The van der Waals surface area contributed by atoms with Crippen molar-refractivity contribution in [1.82, 2.24) is 4.98 Å². The lowest BCUT2D eigenvalue weighted by molar-refractivity contribution is 0.0475. The molecule has 0 spiro atoms. The van der Waals surface area contributed by atoms with Gasteiger partial charge in [0.15, 0.2) is 6.61 Å². The number of nitrogens with zero attached hydrogens (tertiary/aromatic N) is 1. The van der Waals surface area contributed by atoms with E-state index in [1.165, 1.54) is 0 Å². The zero-order valence-electron chi connectivity index (χ0n) is 19.3. The van der Waals surface area contributed by atoms with Crippen LogP contribution in [0.4, 0.5) is 0 Å². The van der Waals surface area contributed by atoms with Gasteiger partial charge >= 0.3 is 5.97 Å². The summed E-state index contributed by atoms with van der Waals surface area (Å²) in [4.78, 5) is 31.1. The first-order valence-corrected chi connectivity index (χ1v) is 11.4. The number of hydrogen-bond donors (Lipinski definition) is 0. The molecular formula is C29H25NO4. The number of ketones is 1. The van der Waals surface area contributed by atoms with Crippen molar-refractivity contribution in [3.05, 3.63) is 100 Å². The summed E-state index contributed by atoms with van der Waals surface area (Å²) in [5.41, 5.74) is 6.36. The molecule has 2 heterocycles. The van der Waals surface area contributed by atoms with Crippen LogP contribution < -0.4 is 0 Å². The molecule has 0 bridgehead atoms. The fraction of sp³-hybridized carbons (Fsp3) is 0.207. The maximum atomic E-state index is 13.4. The van der Waals surface area contributed by atoms with Crippen LogP contribution >= 0.6 is 0 Å². The minimum Gasteiger partial charge on any atom is -0.465 e. The van der Waals surface area contributed by atoms with Crippen LogP contribution in [0.25, 0.3) is 22.6 Å². The van der Waals surface area contributed by atoms with Gasteiger partial charge in [-0.05, 0) is 80.2 Å². The van der Waals surface area contributed by atoms with Gasteiger partial charge in [0.1, 0.15) is 5.76 Å². The van der Waals surface area contributed by atoms with Crippen LogP contribution in [0.2, 0.25) is 0 Å². The topological polar surface area (TPSA) is 69.4 Å². The molecule has 0 fully saturated rings. The van der Waals surface area contributed by atoms with Crippen molar-refractivity contribution in [1.29, 1.82) is 0 Å². The highest BCUT2D eigenvalue weighted by molar-refractivity contribution is 6.08. The van der Waals surface area contributed by atoms with E-state index in [9.17, 15) is 9.59 Å². The fourth-order valence-corrected chi connectivity index (χ4v) is 4.57. The van der Waals surface area contributed by atoms with Gasteiger partial charge in [-0.25, -0.2) is 9.78 Å². The number of hydrogen-bond acceptors (Lipinski definition) is 5. The summed E-state index contributed by atoms with van der Waals surface area (Å²) in [5, 5.41) is 0.740. The van der Waals surface area contributed by atoms with Crippen molar-refractivity contribution in [2.75, 3.05) is 6.61 Å². The van der Waals surface area contributed by atoms with E-state index in [2.05, 4.69) is 0 Å². The summed E-state index contributed by atoms with van der Waals surface area (Å²) in [7, 11) is 0. The molecule has 0 unspecified atom stereocenters. The van der Waals surface area contributed by atoms with Crippen molar-refractivity contribution in [2.45, 2.75) is 33.1 Å². The summed E-state index contributed by atoms with van der Waals surface area (Å²) in [6, 6.07) is 17.0. The Hall–Kier alpha value is -3.99. The van der Waals surface area contributed by atoms with Crippen LogP contribution in [0, 0.1) is 13.8 Å². The van der Waals surface area contributed by atoms with Gasteiger partial charge in [-0.3, -0.25) is 4.79 Å². The standard InChI is InChI=1S/C29H25NO4/c1-18-12-13-19(2)24(15-18)26(31)17-34-29(32)27-22-9-3-4-11-25(22)30-28-20(7-5-10-23(27)28)16-21-8-6-14-33-21/h3-4,6,8-9,11-16H,5,7,10,17H2,1-2H3. The average molecular weight is 452 g/mol. The maximum absolute atomic E-state index is 13.4. The zero-order valence-corrected chi connectivity index (χ0v) is 19.3. The Morgan fingerprint density at radius 3 is 2.74 bits per heavy atom. The molecular weight excluding hydrogens is 426 g/mol. The molecule has 170 valence electrons. The van der Waals surface area contributed by atoms with Gasteiger partial charge in [-0.2, -0.15) is 0 Å². The highest BCUT2D eigenvalue weighted by atomic mass is 16.5. The van der Waals surface area contributed by atoms with E-state index < -0.39 is 5.97 Å². The number of esters is 1. The Labute approximate surface area is 198 Å². The predicted molar refractivity (Wildman–Crippen MR) is 132 cm³/mol. The quantitative estimate of drug-likeness (QED) is 0.261. The van der Waals surface area contributed by atoms with Gasteiger partial charge in [0.25, 0.3) is 0 Å². The Morgan fingerprint density at radius 2 is 1.91 bits per heavy atom. The van der Waals surface area contributed by atoms with Crippen LogP contribution in [0.5, 0.6) is 0 Å². The van der Waals surface area contributed by atoms with Gasteiger partial charge in [-0.15, -0.1) is 0 Å². The first-order valence-electron chi connectivity index (χ1n) is 11.4. The number of allylic oxidation sites excluding steroid dienone is 1. The van der Waals surface area contributed by atoms with E-state index in [0.29, 0.717) is 11.1 Å². The van der Waals surface area contributed by atoms with E-state index in [-0.39, 0.29) is 12.4 Å². The Kier molecular flexibility index (Phi) is 5.84. The molecule has 0 N–H and O–H groups in total. The summed E-state index contributed by atoms with van der Waals surface area (Å²) in [5.74, 6) is 0.0500. The van der Waals surface area contributed by atoms with Crippen LogP contribution in [0.1, 0.15) is 61.7 Å². The smallest absolute Gasteiger partial charge is 0.339 e. The second kappa shape index (κ2) is 9.10. The normalized spacial score (nSPS) is 14.2. The molecule has 0 radical (unpaired) electrons. The molecule has 5 heteroatoms. The lowest BCUT2D eigenvalue weighted by atomic mass is 9.86. The van der Waals surface area contributed by atoms with E-state index in [1.807, 2.05) is 74.5 Å². The number of rotatable bonds is 5. The maximum Gasteiger partial charge on any atom is 0.339 e. The third kappa shape index (κ3) is 4.17. The molecule has 34 heavy (non-hydrogen) atoms. The fourth-order valence-electron chi connectivity index (χ4n) is 4.57. The Morgan fingerprint density at radius 1 is 1.06 bits per heavy atom. The lowest BCUT2D eigenvalue weighted by Crippen LogP contribution is -2.19. The monoisotopic (exact) mass is 451 g/mol. The van der Waals surface area contributed by atoms with Crippen molar-refractivity contribution >= 4 is 34.3 Å².